The Morgan fingerprint density at radius 1 is 1.18 bits per heavy atom. The molecule has 0 spiro atoms. The summed E-state index contributed by atoms with van der Waals surface area (Å²) in [5.74, 6) is -0.185. The van der Waals surface area contributed by atoms with Crippen LogP contribution in [0.2, 0.25) is 0 Å². The van der Waals surface area contributed by atoms with Gasteiger partial charge in [0.15, 0.2) is 0 Å². The van der Waals surface area contributed by atoms with E-state index >= 15 is 0 Å². The summed E-state index contributed by atoms with van der Waals surface area (Å²) in [5.41, 5.74) is 11.0. The number of benzene rings is 2. The molecule has 0 aliphatic heterocycles. The number of aryl methyl sites for hydroxylation is 1. The Labute approximate surface area is 131 Å². The van der Waals surface area contributed by atoms with E-state index in [2.05, 4.69) is 5.32 Å². The maximum absolute atomic E-state index is 11.5. The van der Waals surface area contributed by atoms with Gasteiger partial charge in [0, 0.05) is 19.0 Å². The van der Waals surface area contributed by atoms with E-state index in [-0.39, 0.29) is 5.97 Å². The largest absolute Gasteiger partial charge is 0.466 e. The van der Waals surface area contributed by atoms with Crippen LogP contribution in [0.5, 0.6) is 0 Å². The fraction of sp³-hybridized carbons (Fsp3) is 0.278. The zero-order valence-electron chi connectivity index (χ0n) is 13.1. The van der Waals surface area contributed by atoms with Gasteiger partial charge in [-0.2, -0.15) is 0 Å². The van der Waals surface area contributed by atoms with E-state index in [1.54, 1.807) is 0 Å². The Balaban J connectivity index is 2.27. The Kier molecular flexibility index (Phi) is 5.42. The molecule has 3 N–H and O–H groups in total. The van der Waals surface area contributed by atoms with Crippen LogP contribution in [0.25, 0.3) is 11.1 Å². The van der Waals surface area contributed by atoms with Crippen molar-refractivity contribution in [1.29, 1.82) is 0 Å². The first-order chi connectivity index (χ1) is 10.7. The van der Waals surface area contributed by atoms with Gasteiger partial charge < -0.3 is 15.8 Å². The van der Waals surface area contributed by atoms with Crippen LogP contribution >= 0.6 is 0 Å². The third-order valence-electron chi connectivity index (χ3n) is 3.57. The van der Waals surface area contributed by atoms with E-state index in [1.165, 1.54) is 0 Å². The van der Waals surface area contributed by atoms with E-state index in [1.807, 2.05) is 56.4 Å². The summed E-state index contributed by atoms with van der Waals surface area (Å²) in [6.45, 7) is 2.22. The van der Waals surface area contributed by atoms with Crippen LogP contribution in [-0.2, 0) is 16.0 Å². The lowest BCUT2D eigenvalue weighted by Gasteiger charge is -2.16. The molecule has 2 aromatic rings. The van der Waals surface area contributed by atoms with Crippen molar-refractivity contribution in [3.63, 3.8) is 0 Å². The molecule has 0 saturated heterocycles. The molecule has 0 heterocycles. The molecule has 0 bridgehead atoms. The average Bonchev–Trinajstić information content (AvgIpc) is 2.54. The lowest BCUT2D eigenvalue weighted by atomic mass is 9.97. The molecule has 116 valence electrons. The minimum Gasteiger partial charge on any atom is -0.466 e. The van der Waals surface area contributed by atoms with Crippen LogP contribution in [0, 0.1) is 0 Å². The Morgan fingerprint density at radius 2 is 1.91 bits per heavy atom. The van der Waals surface area contributed by atoms with Gasteiger partial charge in [0.05, 0.1) is 18.0 Å². The molecule has 4 nitrogen and oxygen atoms in total. The van der Waals surface area contributed by atoms with E-state index in [4.69, 9.17) is 10.5 Å². The van der Waals surface area contributed by atoms with E-state index in [0.717, 1.165) is 22.4 Å². The number of nitrogens with two attached hydrogens (primary N) is 1. The van der Waals surface area contributed by atoms with Crippen molar-refractivity contribution >= 4 is 17.3 Å². The second-order valence-corrected chi connectivity index (χ2v) is 4.98. The molecule has 4 heteroatoms. The van der Waals surface area contributed by atoms with Gasteiger partial charge in [-0.05, 0) is 24.5 Å². The zero-order valence-corrected chi connectivity index (χ0v) is 13.1. The fourth-order valence-electron chi connectivity index (χ4n) is 2.51. The van der Waals surface area contributed by atoms with Gasteiger partial charge in [-0.1, -0.05) is 42.5 Å². The highest BCUT2D eigenvalue weighted by Crippen LogP contribution is 2.34. The summed E-state index contributed by atoms with van der Waals surface area (Å²) in [4.78, 5) is 11.5. The molecule has 0 aromatic heterocycles. The number of esters is 1. The van der Waals surface area contributed by atoms with Crippen LogP contribution in [0.4, 0.5) is 11.4 Å². The molecule has 0 radical (unpaired) electrons. The lowest BCUT2D eigenvalue weighted by molar-refractivity contribution is -0.143. The van der Waals surface area contributed by atoms with Crippen molar-refractivity contribution in [2.24, 2.45) is 0 Å². The Bertz CT molecular complexity index is 639. The molecule has 0 fully saturated rings. The van der Waals surface area contributed by atoms with E-state index < -0.39 is 0 Å². The number of anilines is 2. The SMILES string of the molecule is CCOC(=O)CCc1ccc(-c2ccccc2)c(N)c1NC. The topological polar surface area (TPSA) is 64.3 Å². The zero-order chi connectivity index (χ0) is 15.9. The molecule has 0 saturated carbocycles. The van der Waals surface area contributed by atoms with E-state index in [0.29, 0.717) is 25.1 Å². The van der Waals surface area contributed by atoms with Crippen molar-refractivity contribution < 1.29 is 9.53 Å². The first kappa shape index (κ1) is 15.9. The Hall–Kier alpha value is -2.49. The number of rotatable bonds is 6. The predicted octanol–water partition coefficient (Wildman–Crippen LogP) is 3.47. The lowest BCUT2D eigenvalue weighted by Crippen LogP contribution is -2.08. The summed E-state index contributed by atoms with van der Waals surface area (Å²) < 4.78 is 4.97. The van der Waals surface area contributed by atoms with Crippen LogP contribution in [0.1, 0.15) is 18.9 Å². The molecule has 0 unspecified atom stereocenters. The van der Waals surface area contributed by atoms with Gasteiger partial charge in [0.2, 0.25) is 0 Å². The van der Waals surface area contributed by atoms with Crippen LogP contribution in [0.15, 0.2) is 42.5 Å². The first-order valence-corrected chi connectivity index (χ1v) is 7.47. The number of carbonyl (C=O) groups excluding carboxylic acids is 1. The van der Waals surface area contributed by atoms with Gasteiger partial charge in [-0.25, -0.2) is 0 Å². The molecule has 0 atom stereocenters. The van der Waals surface area contributed by atoms with Gasteiger partial charge in [-0.3, -0.25) is 4.79 Å². The molecular formula is C18H22N2O2. The minimum atomic E-state index is -0.185. The van der Waals surface area contributed by atoms with Gasteiger partial charge in [0.25, 0.3) is 0 Å². The number of nitrogen functional groups attached to an aromatic ring is 1. The highest BCUT2D eigenvalue weighted by molar-refractivity contribution is 5.87. The highest BCUT2D eigenvalue weighted by Gasteiger charge is 2.12. The highest BCUT2D eigenvalue weighted by atomic mass is 16.5. The van der Waals surface area contributed by atoms with Gasteiger partial charge in [0.1, 0.15) is 0 Å². The molecular weight excluding hydrogens is 276 g/mol. The average molecular weight is 298 g/mol. The monoisotopic (exact) mass is 298 g/mol. The third kappa shape index (κ3) is 3.58. The molecule has 2 aromatic carbocycles. The van der Waals surface area contributed by atoms with Crippen molar-refractivity contribution in [2.75, 3.05) is 24.7 Å². The third-order valence-corrected chi connectivity index (χ3v) is 3.57. The molecule has 0 amide bonds. The van der Waals surface area contributed by atoms with Gasteiger partial charge in [-0.15, -0.1) is 0 Å². The number of hydrogen-bond acceptors (Lipinski definition) is 4. The minimum absolute atomic E-state index is 0.185. The standard InChI is InChI=1S/C18H22N2O2/c1-3-22-16(21)12-10-14-9-11-15(17(19)18(14)20-2)13-7-5-4-6-8-13/h4-9,11,20H,3,10,12,19H2,1-2H3. The predicted molar refractivity (Wildman–Crippen MR) is 90.8 cm³/mol. The van der Waals surface area contributed by atoms with Crippen LogP contribution < -0.4 is 11.1 Å². The van der Waals surface area contributed by atoms with Crippen molar-refractivity contribution in [2.45, 2.75) is 19.8 Å². The first-order valence-electron chi connectivity index (χ1n) is 7.47. The Morgan fingerprint density at radius 3 is 2.55 bits per heavy atom. The fourth-order valence-corrected chi connectivity index (χ4v) is 2.51. The molecule has 0 aliphatic carbocycles. The molecule has 22 heavy (non-hydrogen) atoms. The van der Waals surface area contributed by atoms with Crippen LogP contribution in [0.3, 0.4) is 0 Å². The number of nitrogens with one attached hydrogen (secondary N) is 1. The molecule has 0 aliphatic rings. The summed E-state index contributed by atoms with van der Waals surface area (Å²) >= 11 is 0. The maximum Gasteiger partial charge on any atom is 0.306 e. The second-order valence-electron chi connectivity index (χ2n) is 4.98. The maximum atomic E-state index is 11.5. The number of carbonyl (C=O) groups is 1. The summed E-state index contributed by atoms with van der Waals surface area (Å²) in [7, 11) is 1.84. The van der Waals surface area contributed by atoms with Gasteiger partial charge >= 0.3 is 5.97 Å². The smallest absolute Gasteiger partial charge is 0.306 e. The quantitative estimate of drug-likeness (QED) is 0.633. The van der Waals surface area contributed by atoms with Crippen molar-refractivity contribution in [1.82, 2.24) is 0 Å². The summed E-state index contributed by atoms with van der Waals surface area (Å²) in [6, 6.07) is 14.0. The summed E-state index contributed by atoms with van der Waals surface area (Å²) in [5, 5.41) is 3.15. The van der Waals surface area contributed by atoms with Crippen molar-refractivity contribution in [3.8, 4) is 11.1 Å². The molecule has 2 rings (SSSR count). The van der Waals surface area contributed by atoms with Crippen LogP contribution in [-0.4, -0.2) is 19.6 Å². The second kappa shape index (κ2) is 7.50. The summed E-state index contributed by atoms with van der Waals surface area (Å²) in [6.07, 6.45) is 0.959. The normalized spacial score (nSPS) is 10.3. The number of hydrogen-bond donors (Lipinski definition) is 2. The number of ether oxygens (including phenoxy) is 1. The van der Waals surface area contributed by atoms with E-state index in [9.17, 15) is 4.79 Å². The van der Waals surface area contributed by atoms with Crippen molar-refractivity contribution in [3.05, 3.63) is 48.0 Å².